The zero-order chi connectivity index (χ0) is 26.2. The number of allylic oxidation sites excluding steroid dienone is 5. The van der Waals surface area contributed by atoms with Crippen molar-refractivity contribution in [3.8, 4) is 5.00 Å². The lowest BCUT2D eigenvalue weighted by Gasteiger charge is -2.19. The number of thiophene rings is 1. The number of carbonyl (C=O) groups excluding carboxylic acids is 2. The van der Waals surface area contributed by atoms with E-state index in [1.165, 1.54) is 11.3 Å². The van der Waals surface area contributed by atoms with E-state index in [0.717, 1.165) is 44.6 Å². The fourth-order valence-electron chi connectivity index (χ4n) is 3.65. The number of nitrogens with one attached hydrogen (secondary N) is 1. The van der Waals surface area contributed by atoms with Crippen molar-refractivity contribution in [3.63, 3.8) is 0 Å². The molecule has 0 aliphatic carbocycles. The van der Waals surface area contributed by atoms with Gasteiger partial charge in [-0.3, -0.25) is 9.36 Å². The Labute approximate surface area is 223 Å². The summed E-state index contributed by atoms with van der Waals surface area (Å²) in [6, 6.07) is 8.02. The van der Waals surface area contributed by atoms with Crippen LogP contribution in [-0.4, -0.2) is 40.0 Å². The van der Waals surface area contributed by atoms with Crippen LogP contribution >= 0.6 is 31.5 Å². The van der Waals surface area contributed by atoms with Gasteiger partial charge in [-0.1, -0.05) is 64.9 Å². The molecule has 0 fully saturated rings. The molecule has 0 saturated carbocycles. The first-order chi connectivity index (χ1) is 17.2. The first kappa shape index (κ1) is 28.0. The number of amides is 1. The van der Waals surface area contributed by atoms with Crippen molar-refractivity contribution in [2.24, 2.45) is 11.7 Å². The summed E-state index contributed by atoms with van der Waals surface area (Å²) in [6.45, 7) is 10.4. The van der Waals surface area contributed by atoms with Crippen LogP contribution in [-0.2, 0) is 11.2 Å². The smallest absolute Gasteiger partial charge is 0.259 e. The van der Waals surface area contributed by atoms with Crippen molar-refractivity contribution in [3.05, 3.63) is 76.9 Å². The molecule has 0 saturated heterocycles. The number of carbonyl (C=O) groups is 2. The Bertz CT molecular complexity index is 1300. The van der Waals surface area contributed by atoms with Gasteiger partial charge < -0.3 is 15.8 Å². The Balaban J connectivity index is 1.86. The average Bonchev–Trinajstić information content (AvgIpc) is 3.47. The van der Waals surface area contributed by atoms with Gasteiger partial charge in [0.25, 0.3) is 5.91 Å². The summed E-state index contributed by atoms with van der Waals surface area (Å²) < 4.78 is 2.01. The van der Waals surface area contributed by atoms with Crippen molar-refractivity contribution >= 4 is 60.0 Å². The molecule has 0 bridgehead atoms. The predicted octanol–water partition coefficient (Wildman–Crippen LogP) is 5.10. The molecule has 2 aromatic heterocycles. The number of nitrogens with two attached hydrogens (primary N) is 1. The van der Waals surface area contributed by atoms with Gasteiger partial charge in [0.05, 0.1) is 17.1 Å². The Morgan fingerprint density at radius 2 is 2.08 bits per heavy atom. The highest BCUT2D eigenvalue weighted by Gasteiger charge is 2.22. The molecule has 0 radical (unpaired) electrons. The van der Waals surface area contributed by atoms with Gasteiger partial charge >= 0.3 is 0 Å². The highest BCUT2D eigenvalue weighted by Crippen LogP contribution is 2.35. The summed E-state index contributed by atoms with van der Waals surface area (Å²) in [7, 11) is 0.365. The molecular weight excluding hydrogens is 511 g/mol. The molecule has 3 rings (SSSR count). The van der Waals surface area contributed by atoms with E-state index in [1.807, 2.05) is 47.9 Å². The summed E-state index contributed by atoms with van der Waals surface area (Å²) >= 11 is 7.90. The number of rotatable bonds is 13. The van der Waals surface area contributed by atoms with Crippen LogP contribution in [0.1, 0.15) is 36.0 Å². The Morgan fingerprint density at radius 1 is 1.31 bits per heavy atom. The number of aldehydes is 1. The van der Waals surface area contributed by atoms with Crippen molar-refractivity contribution < 1.29 is 9.59 Å². The van der Waals surface area contributed by atoms with Gasteiger partial charge in [-0.15, -0.1) is 11.3 Å². The minimum absolute atomic E-state index is 0.121. The number of aromatic nitrogens is 2. The zero-order valence-electron chi connectivity index (χ0n) is 20.7. The van der Waals surface area contributed by atoms with Crippen LogP contribution in [0, 0.1) is 5.92 Å². The van der Waals surface area contributed by atoms with Crippen LogP contribution in [0.4, 0.5) is 0 Å². The molecule has 3 aromatic rings. The third kappa shape index (κ3) is 7.01. The summed E-state index contributed by atoms with van der Waals surface area (Å²) in [6.07, 6.45) is 10.8. The quantitative estimate of drug-likeness (QED) is 0.179. The molecule has 0 aliphatic rings. The number of fused-ring (bicyclic) bond motifs is 1. The molecule has 190 valence electrons. The Morgan fingerprint density at radius 3 is 2.78 bits per heavy atom. The lowest BCUT2D eigenvalue weighted by Crippen LogP contribution is -2.29. The van der Waals surface area contributed by atoms with Crippen LogP contribution in [0.3, 0.4) is 0 Å². The van der Waals surface area contributed by atoms with Crippen LogP contribution < -0.4 is 16.4 Å². The first-order valence-corrected chi connectivity index (χ1v) is 14.0. The number of halogens is 1. The lowest BCUT2D eigenvalue weighted by molar-refractivity contribution is -0.109. The number of nitrogens with zero attached hydrogens (tertiary/aromatic N) is 2. The van der Waals surface area contributed by atoms with E-state index in [1.54, 1.807) is 12.4 Å². The van der Waals surface area contributed by atoms with Gasteiger partial charge in [0.15, 0.2) is 0 Å². The van der Waals surface area contributed by atoms with Crippen molar-refractivity contribution in [1.82, 2.24) is 14.9 Å². The number of hydrogen-bond acceptors (Lipinski definition) is 5. The molecule has 3 N–H and O–H groups in total. The van der Waals surface area contributed by atoms with Crippen LogP contribution in [0.15, 0.2) is 66.5 Å². The molecular formula is C27H32ClN4O2PS. The predicted molar refractivity (Wildman–Crippen MR) is 155 cm³/mol. The van der Waals surface area contributed by atoms with Crippen LogP contribution in [0.5, 0.6) is 0 Å². The molecule has 4 atom stereocenters. The largest absolute Gasteiger partial charge is 0.365 e. The van der Waals surface area contributed by atoms with Gasteiger partial charge in [0, 0.05) is 5.03 Å². The van der Waals surface area contributed by atoms with E-state index in [9.17, 15) is 9.59 Å². The topological polar surface area (TPSA) is 90.0 Å². The molecule has 0 aliphatic heterocycles. The van der Waals surface area contributed by atoms with Crippen molar-refractivity contribution in [2.75, 3.05) is 6.54 Å². The average molecular weight is 543 g/mol. The normalized spacial score (nSPS) is 15.1. The summed E-state index contributed by atoms with van der Waals surface area (Å²) in [4.78, 5) is 28.3. The standard InChI is InChI=1S/C27H32ClN4O2PS/c1-5-6-7-8-21(28)18(3)19(4)35-24-14-25(36-26(24)27(29)34)32-16-31-22-10-9-20(13-23(22)32)11-12-30-17(2)15-33/h5-10,13-19,30,35H,1,11-12H2,2-4H3,(H2,29,34)/b7-6-,21-8+. The third-order valence-electron chi connectivity index (χ3n) is 5.95. The third-order valence-corrected chi connectivity index (χ3v) is 9.41. The number of hydrogen-bond donors (Lipinski definition) is 2. The molecule has 1 amide bonds. The monoisotopic (exact) mass is 542 g/mol. The van der Waals surface area contributed by atoms with Gasteiger partial charge in [-0.2, -0.15) is 0 Å². The highest BCUT2D eigenvalue weighted by molar-refractivity contribution is 7.49. The molecule has 2 heterocycles. The fourth-order valence-corrected chi connectivity index (χ4v) is 6.75. The molecule has 1 aromatic carbocycles. The maximum Gasteiger partial charge on any atom is 0.259 e. The van der Waals surface area contributed by atoms with E-state index < -0.39 is 5.91 Å². The molecule has 4 unspecified atom stereocenters. The Kier molecular flexibility index (Phi) is 10.2. The van der Waals surface area contributed by atoms with Gasteiger partial charge in [-0.05, 0) is 66.6 Å². The van der Waals surface area contributed by atoms with E-state index in [2.05, 4.69) is 36.8 Å². The van der Waals surface area contributed by atoms with E-state index in [-0.39, 0.29) is 17.6 Å². The van der Waals surface area contributed by atoms with Gasteiger partial charge in [0.2, 0.25) is 0 Å². The van der Waals surface area contributed by atoms with E-state index >= 15 is 0 Å². The molecule has 6 nitrogen and oxygen atoms in total. The maximum absolute atomic E-state index is 12.3. The molecule has 36 heavy (non-hydrogen) atoms. The van der Waals surface area contributed by atoms with Gasteiger partial charge in [0.1, 0.15) is 22.5 Å². The Hall–Kier alpha value is -2.57. The summed E-state index contributed by atoms with van der Waals surface area (Å²) in [5.41, 5.74) is 8.96. The number of primary amides is 1. The van der Waals surface area contributed by atoms with Crippen molar-refractivity contribution in [2.45, 2.75) is 38.9 Å². The summed E-state index contributed by atoms with van der Waals surface area (Å²) in [5, 5.41) is 5.78. The highest BCUT2D eigenvalue weighted by atomic mass is 35.5. The van der Waals surface area contributed by atoms with E-state index in [4.69, 9.17) is 17.3 Å². The zero-order valence-corrected chi connectivity index (χ0v) is 23.3. The summed E-state index contributed by atoms with van der Waals surface area (Å²) in [5.74, 6) is -0.305. The van der Waals surface area contributed by atoms with Crippen LogP contribution in [0.25, 0.3) is 16.0 Å². The SMILES string of the molecule is C=C/C=C\C=C(\Cl)C(C)C(C)Pc1cc(-n2cnc3ccc(CCNC(C)C=O)cc32)sc1C(N)=O. The van der Waals surface area contributed by atoms with Crippen LogP contribution in [0.2, 0.25) is 0 Å². The fraction of sp³-hybridized carbons (Fsp3) is 0.296. The van der Waals surface area contributed by atoms with Crippen molar-refractivity contribution in [1.29, 1.82) is 0 Å². The second-order valence-electron chi connectivity index (χ2n) is 8.65. The lowest BCUT2D eigenvalue weighted by atomic mass is 10.1. The second kappa shape index (κ2) is 13.1. The maximum atomic E-state index is 12.3. The van der Waals surface area contributed by atoms with E-state index in [0.29, 0.717) is 20.0 Å². The van der Waals surface area contributed by atoms with Gasteiger partial charge in [-0.25, -0.2) is 4.98 Å². The molecule has 0 spiro atoms. The number of benzene rings is 1. The first-order valence-electron chi connectivity index (χ1n) is 11.7. The second-order valence-corrected chi connectivity index (χ2v) is 11.9. The minimum atomic E-state index is -0.426. The minimum Gasteiger partial charge on any atom is -0.365 e. The number of imidazole rings is 1. The molecule has 9 heteroatoms.